The van der Waals surface area contributed by atoms with Crippen LogP contribution in [0.25, 0.3) is 0 Å². The number of halogens is 3. The third kappa shape index (κ3) is 6.32. The second kappa shape index (κ2) is 11.0. The Morgan fingerprint density at radius 1 is 1.17 bits per heavy atom. The lowest BCUT2D eigenvalue weighted by Crippen LogP contribution is -2.43. The third-order valence-electron chi connectivity index (χ3n) is 7.02. The molecule has 1 aromatic carbocycles. The molecule has 1 aliphatic carbocycles. The van der Waals surface area contributed by atoms with Gasteiger partial charge in [-0.15, -0.1) is 0 Å². The van der Waals surface area contributed by atoms with Crippen LogP contribution in [0.15, 0.2) is 36.5 Å². The highest BCUT2D eigenvalue weighted by atomic mass is 19.4. The van der Waals surface area contributed by atoms with Crippen molar-refractivity contribution in [3.8, 4) is 0 Å². The minimum atomic E-state index is -4.52. The fraction of sp³-hybridized carbons (Fsp3) is 0.538. The highest BCUT2D eigenvalue weighted by Gasteiger charge is 2.34. The molecule has 1 aromatic heterocycles. The smallest absolute Gasteiger partial charge is 0.376 e. The quantitative estimate of drug-likeness (QED) is 0.577. The summed E-state index contributed by atoms with van der Waals surface area (Å²) < 4.78 is 40.4. The van der Waals surface area contributed by atoms with Crippen LogP contribution in [-0.4, -0.2) is 71.9 Å². The van der Waals surface area contributed by atoms with E-state index in [1.54, 1.807) is 0 Å². The number of alkyl halides is 3. The van der Waals surface area contributed by atoms with Crippen LogP contribution >= 0.6 is 0 Å². The minimum Gasteiger partial charge on any atom is -0.376 e. The number of pyridine rings is 1. The molecule has 0 atom stereocenters. The molecule has 2 heterocycles. The molecule has 1 amide bonds. The molecule has 1 N–H and O–H groups in total. The number of carbonyl (C=O) groups is 1. The lowest BCUT2D eigenvalue weighted by molar-refractivity contribution is -0.140. The molecule has 2 aromatic rings. The van der Waals surface area contributed by atoms with E-state index in [-0.39, 0.29) is 24.7 Å². The monoisotopic (exact) mass is 489 g/mol. The van der Waals surface area contributed by atoms with Crippen molar-refractivity contribution < 1.29 is 18.0 Å². The SMILES string of the molecule is CN(C)CCN(Cc1ncccc1C(F)(F)F)C(=O)CNc1cccc2c1CCN(C1CCC1)C2. The van der Waals surface area contributed by atoms with Crippen LogP contribution in [0.5, 0.6) is 0 Å². The van der Waals surface area contributed by atoms with E-state index >= 15 is 0 Å². The van der Waals surface area contributed by atoms with E-state index < -0.39 is 11.7 Å². The second-order valence-electron chi connectivity index (χ2n) is 9.72. The largest absolute Gasteiger partial charge is 0.418 e. The van der Waals surface area contributed by atoms with Crippen molar-refractivity contribution in [1.29, 1.82) is 0 Å². The van der Waals surface area contributed by atoms with E-state index in [1.165, 1.54) is 47.6 Å². The first-order chi connectivity index (χ1) is 16.7. The summed E-state index contributed by atoms with van der Waals surface area (Å²) in [7, 11) is 3.73. The van der Waals surface area contributed by atoms with E-state index in [4.69, 9.17) is 0 Å². The Morgan fingerprint density at radius 2 is 1.97 bits per heavy atom. The summed E-state index contributed by atoms with van der Waals surface area (Å²) in [5, 5.41) is 3.28. The van der Waals surface area contributed by atoms with Gasteiger partial charge in [0.05, 0.1) is 24.3 Å². The number of hydrogen-bond donors (Lipinski definition) is 1. The van der Waals surface area contributed by atoms with Crippen LogP contribution in [0.3, 0.4) is 0 Å². The first-order valence-corrected chi connectivity index (χ1v) is 12.2. The molecule has 4 rings (SSSR count). The Morgan fingerprint density at radius 3 is 2.66 bits per heavy atom. The fourth-order valence-electron chi connectivity index (χ4n) is 4.76. The number of carbonyl (C=O) groups excluding carboxylic acids is 1. The van der Waals surface area contributed by atoms with Crippen LogP contribution < -0.4 is 5.32 Å². The van der Waals surface area contributed by atoms with Gasteiger partial charge in [0.25, 0.3) is 0 Å². The van der Waals surface area contributed by atoms with Gasteiger partial charge in [-0.2, -0.15) is 13.2 Å². The summed E-state index contributed by atoms with van der Waals surface area (Å²) in [6.45, 7) is 2.62. The van der Waals surface area contributed by atoms with Crippen molar-refractivity contribution in [2.75, 3.05) is 45.6 Å². The zero-order chi connectivity index (χ0) is 25.0. The number of aromatic nitrogens is 1. The number of anilines is 1. The lowest BCUT2D eigenvalue weighted by atomic mass is 9.88. The zero-order valence-corrected chi connectivity index (χ0v) is 20.4. The summed E-state index contributed by atoms with van der Waals surface area (Å²) in [5.74, 6) is -0.255. The first kappa shape index (κ1) is 25.4. The summed E-state index contributed by atoms with van der Waals surface area (Å²) in [5.41, 5.74) is 2.52. The molecular weight excluding hydrogens is 455 g/mol. The molecule has 0 bridgehead atoms. The van der Waals surface area contributed by atoms with Crippen LogP contribution in [0.2, 0.25) is 0 Å². The maximum atomic E-state index is 13.5. The normalized spacial score (nSPS) is 16.6. The van der Waals surface area contributed by atoms with Gasteiger partial charge in [-0.3, -0.25) is 14.7 Å². The molecular formula is C26H34F3N5O. The topological polar surface area (TPSA) is 51.7 Å². The van der Waals surface area contributed by atoms with Crippen molar-refractivity contribution in [3.05, 3.63) is 58.9 Å². The van der Waals surface area contributed by atoms with Gasteiger partial charge in [-0.1, -0.05) is 18.6 Å². The average molecular weight is 490 g/mol. The molecule has 0 radical (unpaired) electrons. The Bertz CT molecular complexity index is 1020. The predicted octanol–water partition coefficient (Wildman–Crippen LogP) is 4.01. The van der Waals surface area contributed by atoms with E-state index in [0.717, 1.165) is 31.3 Å². The lowest BCUT2D eigenvalue weighted by Gasteiger charge is -2.40. The van der Waals surface area contributed by atoms with Gasteiger partial charge in [-0.05, 0) is 62.7 Å². The predicted molar refractivity (Wildman–Crippen MR) is 130 cm³/mol. The number of rotatable bonds is 9. The summed E-state index contributed by atoms with van der Waals surface area (Å²) >= 11 is 0. The number of benzene rings is 1. The minimum absolute atomic E-state index is 0.0183. The van der Waals surface area contributed by atoms with E-state index in [2.05, 4.69) is 21.3 Å². The van der Waals surface area contributed by atoms with E-state index in [9.17, 15) is 18.0 Å². The number of nitrogens with one attached hydrogen (secondary N) is 1. The number of fused-ring (bicyclic) bond motifs is 1. The van der Waals surface area contributed by atoms with Crippen LogP contribution in [-0.2, 0) is 30.5 Å². The van der Waals surface area contributed by atoms with E-state index in [1.807, 2.05) is 31.1 Å². The molecule has 2 aliphatic rings. The zero-order valence-electron chi connectivity index (χ0n) is 20.4. The molecule has 9 heteroatoms. The molecule has 1 saturated carbocycles. The second-order valence-corrected chi connectivity index (χ2v) is 9.72. The van der Waals surface area contributed by atoms with Gasteiger partial charge in [0.2, 0.25) is 5.91 Å². The van der Waals surface area contributed by atoms with Crippen LogP contribution in [0, 0.1) is 0 Å². The maximum absolute atomic E-state index is 13.5. The van der Waals surface area contributed by atoms with Crippen LogP contribution in [0.1, 0.15) is 41.6 Å². The van der Waals surface area contributed by atoms with Gasteiger partial charge in [0.1, 0.15) is 0 Å². The first-order valence-electron chi connectivity index (χ1n) is 12.2. The van der Waals surface area contributed by atoms with Crippen molar-refractivity contribution in [2.45, 2.75) is 51.0 Å². The van der Waals surface area contributed by atoms with Crippen molar-refractivity contribution in [2.24, 2.45) is 0 Å². The van der Waals surface area contributed by atoms with E-state index in [0.29, 0.717) is 19.1 Å². The number of nitrogens with zero attached hydrogens (tertiary/aromatic N) is 4. The van der Waals surface area contributed by atoms with Crippen LogP contribution in [0.4, 0.5) is 18.9 Å². The highest BCUT2D eigenvalue weighted by Crippen LogP contribution is 2.33. The fourth-order valence-corrected chi connectivity index (χ4v) is 4.76. The van der Waals surface area contributed by atoms with Gasteiger partial charge in [-0.25, -0.2) is 0 Å². The van der Waals surface area contributed by atoms with Crippen molar-refractivity contribution in [3.63, 3.8) is 0 Å². The van der Waals surface area contributed by atoms with Gasteiger partial charge in [0, 0.05) is 44.1 Å². The highest BCUT2D eigenvalue weighted by molar-refractivity contribution is 5.81. The molecule has 35 heavy (non-hydrogen) atoms. The standard InChI is InChI=1S/C26H34F3N5O/c1-32(2)14-15-34(18-24-22(26(27,28)29)9-5-12-30-24)25(35)16-31-23-10-3-6-19-17-33(13-11-21(19)23)20-7-4-8-20/h3,5-6,9-10,12,20,31H,4,7-8,11,13-18H2,1-2H3. The van der Waals surface area contributed by atoms with Crippen molar-refractivity contribution in [1.82, 2.24) is 19.7 Å². The summed E-state index contributed by atoms with van der Waals surface area (Å²) in [6.07, 6.45) is 1.60. The van der Waals surface area contributed by atoms with Gasteiger partial charge >= 0.3 is 6.18 Å². The summed E-state index contributed by atoms with van der Waals surface area (Å²) in [6, 6.07) is 9.11. The molecule has 1 fully saturated rings. The number of likely N-dealkylation sites (N-methyl/N-ethyl adjacent to an activating group) is 1. The molecule has 0 saturated heterocycles. The molecule has 6 nitrogen and oxygen atoms in total. The third-order valence-corrected chi connectivity index (χ3v) is 7.02. The maximum Gasteiger partial charge on any atom is 0.418 e. The molecule has 0 unspecified atom stereocenters. The molecule has 1 aliphatic heterocycles. The number of hydrogen-bond acceptors (Lipinski definition) is 5. The Kier molecular flexibility index (Phi) is 7.96. The van der Waals surface area contributed by atoms with Gasteiger partial charge < -0.3 is 15.1 Å². The average Bonchev–Trinajstić information content (AvgIpc) is 2.78. The molecule has 0 spiro atoms. The molecule has 190 valence electrons. The summed E-state index contributed by atoms with van der Waals surface area (Å²) in [4.78, 5) is 23.0. The Hall–Kier alpha value is -2.65. The number of amides is 1. The van der Waals surface area contributed by atoms with Crippen molar-refractivity contribution >= 4 is 11.6 Å². The Balaban J connectivity index is 1.45. The van der Waals surface area contributed by atoms with Gasteiger partial charge in [0.15, 0.2) is 0 Å². The Labute approximate surface area is 205 Å².